The fourth-order valence-electron chi connectivity index (χ4n) is 2.06. The van der Waals surface area contributed by atoms with Crippen LogP contribution >= 0.6 is 0 Å². The van der Waals surface area contributed by atoms with Gasteiger partial charge >= 0.3 is 6.18 Å². The van der Waals surface area contributed by atoms with Crippen molar-refractivity contribution in [2.45, 2.75) is 31.3 Å². The molecule has 22 heavy (non-hydrogen) atoms. The number of β-amino-alcohol motifs (C(OH)–C–C–N with tert-alkyl or cyclic N) is 1. The van der Waals surface area contributed by atoms with Crippen LogP contribution < -0.4 is 15.4 Å². The van der Waals surface area contributed by atoms with Gasteiger partial charge in [-0.2, -0.15) is 13.2 Å². The maximum atomic E-state index is 12.2. The first-order valence-electron chi connectivity index (χ1n) is 6.68. The number of nitrogens with one attached hydrogen (secondary N) is 2. The molecule has 0 aliphatic carbocycles. The Morgan fingerprint density at radius 2 is 2.32 bits per heavy atom. The molecule has 2 rings (SSSR count). The number of aliphatic hydroxyl groups is 1. The Bertz CT molecular complexity index is 525. The molecule has 2 atom stereocenters. The number of halogens is 3. The molecule has 3 N–H and O–H groups in total. The van der Waals surface area contributed by atoms with Gasteiger partial charge in [-0.3, -0.25) is 4.79 Å². The van der Waals surface area contributed by atoms with Crippen molar-refractivity contribution in [3.8, 4) is 5.88 Å². The number of aromatic nitrogens is 1. The van der Waals surface area contributed by atoms with Crippen molar-refractivity contribution in [1.82, 2.24) is 15.6 Å². The molecular formula is C13H16F3N3O3. The molecule has 122 valence electrons. The quantitative estimate of drug-likeness (QED) is 0.730. The maximum absolute atomic E-state index is 12.2. The van der Waals surface area contributed by atoms with E-state index in [1.54, 1.807) is 6.07 Å². The van der Waals surface area contributed by atoms with Crippen LogP contribution in [0.4, 0.5) is 13.2 Å². The summed E-state index contributed by atoms with van der Waals surface area (Å²) in [4.78, 5) is 15.6. The van der Waals surface area contributed by atoms with Crippen LogP contribution in [0.25, 0.3) is 0 Å². The van der Waals surface area contributed by atoms with Gasteiger partial charge in [0.1, 0.15) is 0 Å². The highest BCUT2D eigenvalue weighted by Gasteiger charge is 2.30. The Morgan fingerprint density at radius 3 is 2.95 bits per heavy atom. The minimum Gasteiger partial charge on any atom is -0.468 e. The lowest BCUT2D eigenvalue weighted by atomic mass is 10.2. The molecule has 0 aromatic carbocycles. The van der Waals surface area contributed by atoms with Crippen LogP contribution in [-0.4, -0.2) is 47.5 Å². The van der Waals surface area contributed by atoms with E-state index in [2.05, 4.69) is 20.4 Å². The fourth-order valence-corrected chi connectivity index (χ4v) is 2.06. The monoisotopic (exact) mass is 319 g/mol. The van der Waals surface area contributed by atoms with Gasteiger partial charge in [-0.05, 0) is 12.5 Å². The average Bonchev–Trinajstić information content (AvgIpc) is 2.89. The van der Waals surface area contributed by atoms with Gasteiger partial charge in [0.25, 0.3) is 0 Å². The van der Waals surface area contributed by atoms with Crippen molar-refractivity contribution in [3.63, 3.8) is 0 Å². The fraction of sp³-hybridized carbons (Fsp3) is 0.538. The van der Waals surface area contributed by atoms with Crippen LogP contribution in [0.2, 0.25) is 0 Å². The summed E-state index contributed by atoms with van der Waals surface area (Å²) in [6.45, 7) is -1.11. The summed E-state index contributed by atoms with van der Waals surface area (Å²) < 4.78 is 41.2. The number of nitrogens with zero attached hydrogens (tertiary/aromatic N) is 1. The Labute approximate surface area is 124 Å². The Hall–Kier alpha value is -1.87. The summed E-state index contributed by atoms with van der Waals surface area (Å²) in [5.41, 5.74) is 0.346. The third-order valence-corrected chi connectivity index (χ3v) is 3.10. The number of amides is 1. The Morgan fingerprint density at radius 1 is 1.55 bits per heavy atom. The van der Waals surface area contributed by atoms with E-state index in [-0.39, 0.29) is 18.3 Å². The molecule has 1 aromatic heterocycles. The van der Waals surface area contributed by atoms with E-state index in [1.165, 1.54) is 12.3 Å². The minimum absolute atomic E-state index is 0.00581. The second-order valence-electron chi connectivity index (χ2n) is 4.94. The lowest BCUT2D eigenvalue weighted by molar-refractivity contribution is -0.154. The summed E-state index contributed by atoms with van der Waals surface area (Å²) in [5.74, 6) is -0.498. The standard InChI is InChI=1S/C13H16F3N3O3/c14-13(15,16)7-22-12-8(2-1-3-17-12)5-19-11(21)10-4-9(20)6-18-10/h1-3,9-10,18,20H,4-7H2,(H,19,21)/t9-,10-/m1/s1. The van der Waals surface area contributed by atoms with E-state index < -0.39 is 24.9 Å². The normalized spacial score (nSPS) is 21.6. The second-order valence-corrected chi connectivity index (χ2v) is 4.94. The van der Waals surface area contributed by atoms with Crippen LogP contribution in [-0.2, 0) is 11.3 Å². The Kier molecular flexibility index (Phi) is 5.19. The van der Waals surface area contributed by atoms with Crippen molar-refractivity contribution in [2.24, 2.45) is 0 Å². The highest BCUT2D eigenvalue weighted by atomic mass is 19.4. The molecule has 0 unspecified atom stereocenters. The van der Waals surface area contributed by atoms with Crippen LogP contribution in [0.1, 0.15) is 12.0 Å². The van der Waals surface area contributed by atoms with Gasteiger partial charge in [0.15, 0.2) is 6.61 Å². The topological polar surface area (TPSA) is 83.5 Å². The van der Waals surface area contributed by atoms with Gasteiger partial charge in [0.2, 0.25) is 11.8 Å². The van der Waals surface area contributed by atoms with Crippen LogP contribution in [0.15, 0.2) is 18.3 Å². The highest BCUT2D eigenvalue weighted by molar-refractivity contribution is 5.82. The predicted octanol–water partition coefficient (Wildman–Crippen LogP) is 0.362. The van der Waals surface area contributed by atoms with Gasteiger partial charge in [0, 0.05) is 24.8 Å². The molecule has 0 spiro atoms. The van der Waals surface area contributed by atoms with Gasteiger partial charge in [-0.15, -0.1) is 0 Å². The van der Waals surface area contributed by atoms with Crippen LogP contribution in [0.3, 0.4) is 0 Å². The zero-order valence-electron chi connectivity index (χ0n) is 11.6. The summed E-state index contributed by atoms with van der Waals surface area (Å²) in [5, 5.41) is 14.8. The third kappa shape index (κ3) is 4.85. The second kappa shape index (κ2) is 6.93. The number of hydrogen-bond acceptors (Lipinski definition) is 5. The average molecular weight is 319 g/mol. The molecule has 1 amide bonds. The Balaban J connectivity index is 1.91. The molecule has 9 heteroatoms. The number of hydrogen-bond donors (Lipinski definition) is 3. The molecule has 1 aliphatic rings. The third-order valence-electron chi connectivity index (χ3n) is 3.10. The molecule has 0 radical (unpaired) electrons. The van der Waals surface area contributed by atoms with Gasteiger partial charge in [0.05, 0.1) is 12.1 Å². The zero-order chi connectivity index (χ0) is 16.2. The van der Waals surface area contributed by atoms with E-state index in [4.69, 9.17) is 0 Å². The minimum atomic E-state index is -4.46. The van der Waals surface area contributed by atoms with Crippen molar-refractivity contribution in [2.75, 3.05) is 13.2 Å². The van der Waals surface area contributed by atoms with Crippen molar-refractivity contribution in [1.29, 1.82) is 0 Å². The zero-order valence-corrected chi connectivity index (χ0v) is 11.6. The molecule has 0 saturated carbocycles. The van der Waals surface area contributed by atoms with E-state index in [0.717, 1.165) is 0 Å². The first-order valence-corrected chi connectivity index (χ1v) is 6.68. The number of rotatable bonds is 5. The SMILES string of the molecule is O=C(NCc1cccnc1OCC(F)(F)F)[C@H]1C[C@@H](O)CN1. The summed E-state index contributed by atoms with van der Waals surface area (Å²) >= 11 is 0. The summed E-state index contributed by atoms with van der Waals surface area (Å²) in [6.07, 6.45) is -3.41. The molecule has 1 saturated heterocycles. The number of carbonyl (C=O) groups is 1. The predicted molar refractivity (Wildman–Crippen MR) is 70.0 cm³/mol. The summed E-state index contributed by atoms with van der Waals surface area (Å²) in [7, 11) is 0. The van der Waals surface area contributed by atoms with E-state index in [0.29, 0.717) is 18.5 Å². The number of alkyl halides is 3. The van der Waals surface area contributed by atoms with E-state index in [9.17, 15) is 23.1 Å². The largest absolute Gasteiger partial charge is 0.468 e. The number of aliphatic hydroxyl groups excluding tert-OH is 1. The molecule has 1 aliphatic heterocycles. The molecule has 2 heterocycles. The lowest BCUT2D eigenvalue weighted by Gasteiger charge is -2.14. The number of pyridine rings is 1. The highest BCUT2D eigenvalue weighted by Crippen LogP contribution is 2.20. The molecule has 6 nitrogen and oxygen atoms in total. The maximum Gasteiger partial charge on any atom is 0.422 e. The van der Waals surface area contributed by atoms with Crippen molar-refractivity contribution < 1.29 is 27.8 Å². The molecule has 1 fully saturated rings. The smallest absolute Gasteiger partial charge is 0.422 e. The van der Waals surface area contributed by atoms with E-state index in [1.807, 2.05) is 0 Å². The first-order chi connectivity index (χ1) is 10.3. The van der Waals surface area contributed by atoms with Crippen LogP contribution in [0, 0.1) is 0 Å². The number of carbonyl (C=O) groups excluding carboxylic acids is 1. The lowest BCUT2D eigenvalue weighted by Crippen LogP contribution is -2.40. The van der Waals surface area contributed by atoms with Gasteiger partial charge in [-0.1, -0.05) is 6.07 Å². The molecular weight excluding hydrogens is 303 g/mol. The molecule has 0 bridgehead atoms. The van der Waals surface area contributed by atoms with Gasteiger partial charge < -0.3 is 20.5 Å². The van der Waals surface area contributed by atoms with E-state index >= 15 is 0 Å². The van der Waals surface area contributed by atoms with Gasteiger partial charge in [-0.25, -0.2) is 4.98 Å². The molecule has 1 aromatic rings. The van der Waals surface area contributed by atoms with Crippen molar-refractivity contribution >= 4 is 5.91 Å². The first kappa shape index (κ1) is 16.5. The van der Waals surface area contributed by atoms with Crippen LogP contribution in [0.5, 0.6) is 5.88 Å². The van der Waals surface area contributed by atoms with Crippen molar-refractivity contribution in [3.05, 3.63) is 23.9 Å². The number of ether oxygens (including phenoxy) is 1. The summed E-state index contributed by atoms with van der Waals surface area (Å²) in [6, 6.07) is 2.56.